The Hall–Kier alpha value is -0.120. The van der Waals surface area contributed by atoms with E-state index in [0.717, 1.165) is 12.6 Å². The van der Waals surface area contributed by atoms with Crippen LogP contribution in [0.5, 0.6) is 0 Å². The molecular weight excluding hydrogens is 214 g/mol. The Kier molecular flexibility index (Phi) is 3.18. The van der Waals surface area contributed by atoms with Crippen molar-refractivity contribution in [1.82, 2.24) is 5.32 Å². The van der Waals surface area contributed by atoms with Crippen LogP contribution in [0.1, 0.15) is 45.4 Å². The summed E-state index contributed by atoms with van der Waals surface area (Å²) in [7, 11) is 1.82. The first-order chi connectivity index (χ1) is 8.28. The number of hydrogen-bond donors (Lipinski definition) is 1. The van der Waals surface area contributed by atoms with Crippen LogP contribution in [0.25, 0.3) is 0 Å². The topological polar surface area (TPSA) is 30.5 Å². The Balaban J connectivity index is 1.49. The summed E-state index contributed by atoms with van der Waals surface area (Å²) >= 11 is 0. The van der Waals surface area contributed by atoms with Gasteiger partial charge in [-0.3, -0.25) is 0 Å². The molecule has 17 heavy (non-hydrogen) atoms. The molecule has 98 valence electrons. The van der Waals surface area contributed by atoms with Crippen LogP contribution >= 0.6 is 0 Å². The van der Waals surface area contributed by atoms with Crippen molar-refractivity contribution in [2.75, 3.05) is 13.7 Å². The molecule has 3 aliphatic carbocycles. The van der Waals surface area contributed by atoms with Gasteiger partial charge in [-0.25, -0.2) is 0 Å². The van der Waals surface area contributed by atoms with Gasteiger partial charge in [0.15, 0.2) is 0 Å². The van der Waals surface area contributed by atoms with Crippen LogP contribution in [-0.4, -0.2) is 38.0 Å². The van der Waals surface area contributed by atoms with E-state index in [1.807, 2.05) is 7.11 Å². The van der Waals surface area contributed by atoms with Gasteiger partial charge in [0.2, 0.25) is 0 Å². The van der Waals surface area contributed by atoms with Gasteiger partial charge in [-0.2, -0.15) is 0 Å². The molecular formula is C14H25NO2. The fourth-order valence-electron chi connectivity index (χ4n) is 3.85. The zero-order chi connectivity index (χ0) is 11.9. The molecule has 0 radical (unpaired) electrons. The molecule has 3 aliphatic rings. The SMILES string of the molecule is CCOC1CC(NC2CC(OC)C2)C12CCC2. The minimum atomic E-state index is 0.507. The second kappa shape index (κ2) is 4.52. The molecule has 3 rings (SSSR count). The predicted molar refractivity (Wildman–Crippen MR) is 67.1 cm³/mol. The Morgan fingerprint density at radius 2 is 2.00 bits per heavy atom. The van der Waals surface area contributed by atoms with Gasteiger partial charge in [-0.15, -0.1) is 0 Å². The maximum absolute atomic E-state index is 5.88. The molecule has 3 heteroatoms. The van der Waals surface area contributed by atoms with Crippen molar-refractivity contribution in [3.8, 4) is 0 Å². The molecule has 0 bridgehead atoms. The van der Waals surface area contributed by atoms with Crippen molar-refractivity contribution in [2.24, 2.45) is 5.41 Å². The van der Waals surface area contributed by atoms with Crippen molar-refractivity contribution in [1.29, 1.82) is 0 Å². The number of nitrogens with one attached hydrogen (secondary N) is 1. The molecule has 0 aromatic rings. The van der Waals surface area contributed by atoms with E-state index in [1.165, 1.54) is 38.5 Å². The normalized spacial score (nSPS) is 42.7. The smallest absolute Gasteiger partial charge is 0.0661 e. The van der Waals surface area contributed by atoms with Gasteiger partial charge in [0.1, 0.15) is 0 Å². The molecule has 0 aromatic heterocycles. The van der Waals surface area contributed by atoms with Crippen molar-refractivity contribution >= 4 is 0 Å². The standard InChI is InChI=1S/C14H25NO2/c1-3-17-13-9-12(14(13)5-4-6-14)15-10-7-11(8-10)16-2/h10-13,15H,3-9H2,1-2H3. The Morgan fingerprint density at radius 3 is 2.53 bits per heavy atom. The maximum Gasteiger partial charge on any atom is 0.0661 e. The van der Waals surface area contributed by atoms with Gasteiger partial charge >= 0.3 is 0 Å². The fourth-order valence-corrected chi connectivity index (χ4v) is 3.85. The molecule has 2 unspecified atom stereocenters. The zero-order valence-electron chi connectivity index (χ0n) is 11.1. The van der Waals surface area contributed by atoms with Gasteiger partial charge in [-0.05, 0) is 39.0 Å². The van der Waals surface area contributed by atoms with Gasteiger partial charge < -0.3 is 14.8 Å². The minimum absolute atomic E-state index is 0.507. The van der Waals surface area contributed by atoms with E-state index in [2.05, 4.69) is 12.2 Å². The third kappa shape index (κ3) is 1.83. The van der Waals surface area contributed by atoms with E-state index in [1.54, 1.807) is 0 Å². The number of ether oxygens (including phenoxy) is 2. The molecule has 0 saturated heterocycles. The van der Waals surface area contributed by atoms with Crippen molar-refractivity contribution in [3.63, 3.8) is 0 Å². The molecule has 2 atom stereocenters. The van der Waals surface area contributed by atoms with Crippen molar-refractivity contribution < 1.29 is 9.47 Å². The van der Waals surface area contributed by atoms with Crippen LogP contribution < -0.4 is 5.32 Å². The number of rotatable bonds is 5. The Bertz CT molecular complexity index is 271. The summed E-state index contributed by atoms with van der Waals surface area (Å²) in [6, 6.07) is 1.42. The largest absolute Gasteiger partial charge is 0.381 e. The summed E-state index contributed by atoms with van der Waals surface area (Å²) in [6.45, 7) is 2.98. The quantitative estimate of drug-likeness (QED) is 0.797. The molecule has 0 aromatic carbocycles. The molecule has 0 heterocycles. The Morgan fingerprint density at radius 1 is 1.24 bits per heavy atom. The van der Waals surface area contributed by atoms with E-state index in [9.17, 15) is 0 Å². The number of hydrogen-bond acceptors (Lipinski definition) is 3. The van der Waals surface area contributed by atoms with Crippen molar-refractivity contribution in [3.05, 3.63) is 0 Å². The van der Waals surface area contributed by atoms with Crippen LogP contribution in [0.3, 0.4) is 0 Å². The highest BCUT2D eigenvalue weighted by Crippen LogP contribution is 2.57. The predicted octanol–water partition coefficient (Wildman–Crippen LogP) is 2.10. The second-order valence-electron chi connectivity index (χ2n) is 6.01. The molecule has 3 nitrogen and oxygen atoms in total. The average molecular weight is 239 g/mol. The average Bonchev–Trinajstić information content (AvgIpc) is 2.16. The van der Waals surface area contributed by atoms with E-state index in [4.69, 9.17) is 9.47 Å². The van der Waals surface area contributed by atoms with Gasteiger partial charge in [0.25, 0.3) is 0 Å². The third-order valence-corrected chi connectivity index (χ3v) is 5.30. The third-order valence-electron chi connectivity index (χ3n) is 5.30. The lowest BCUT2D eigenvalue weighted by atomic mass is 9.50. The summed E-state index contributed by atoms with van der Waals surface area (Å²) in [5, 5.41) is 3.84. The molecule has 1 spiro atoms. The van der Waals surface area contributed by atoms with E-state index < -0.39 is 0 Å². The summed E-state index contributed by atoms with van der Waals surface area (Å²) < 4.78 is 11.2. The monoisotopic (exact) mass is 239 g/mol. The zero-order valence-corrected chi connectivity index (χ0v) is 11.1. The van der Waals surface area contributed by atoms with Gasteiger partial charge in [0.05, 0.1) is 12.2 Å². The first-order valence-electron chi connectivity index (χ1n) is 7.19. The van der Waals surface area contributed by atoms with Gasteiger partial charge in [-0.1, -0.05) is 6.42 Å². The minimum Gasteiger partial charge on any atom is -0.381 e. The van der Waals surface area contributed by atoms with Crippen LogP contribution in [0.2, 0.25) is 0 Å². The summed E-state index contributed by atoms with van der Waals surface area (Å²) in [5.41, 5.74) is 0.508. The van der Waals surface area contributed by atoms with Crippen LogP contribution in [-0.2, 0) is 9.47 Å². The molecule has 0 aliphatic heterocycles. The first-order valence-corrected chi connectivity index (χ1v) is 7.19. The highest BCUT2D eigenvalue weighted by Gasteiger charge is 2.59. The Labute approximate surface area is 104 Å². The molecule has 0 amide bonds. The van der Waals surface area contributed by atoms with Crippen LogP contribution in [0, 0.1) is 5.41 Å². The van der Waals surface area contributed by atoms with Crippen LogP contribution in [0.4, 0.5) is 0 Å². The second-order valence-corrected chi connectivity index (χ2v) is 6.01. The maximum atomic E-state index is 5.88. The van der Waals surface area contributed by atoms with Crippen molar-refractivity contribution in [2.45, 2.75) is 69.7 Å². The first kappa shape index (κ1) is 11.9. The molecule has 1 N–H and O–H groups in total. The fraction of sp³-hybridized carbons (Fsp3) is 1.00. The van der Waals surface area contributed by atoms with E-state index >= 15 is 0 Å². The summed E-state index contributed by atoms with van der Waals surface area (Å²) in [4.78, 5) is 0. The van der Waals surface area contributed by atoms with E-state index in [0.29, 0.717) is 23.7 Å². The summed E-state index contributed by atoms with van der Waals surface area (Å²) in [5.74, 6) is 0. The lowest BCUT2D eigenvalue weighted by Gasteiger charge is -2.62. The van der Waals surface area contributed by atoms with Gasteiger partial charge in [0, 0.05) is 31.2 Å². The lowest BCUT2D eigenvalue weighted by molar-refractivity contribution is -0.178. The molecule has 3 fully saturated rings. The highest BCUT2D eigenvalue weighted by molar-refractivity contribution is 5.13. The summed E-state index contributed by atoms with van der Waals surface area (Å²) in [6.07, 6.45) is 8.80. The lowest BCUT2D eigenvalue weighted by Crippen LogP contribution is -2.69. The highest BCUT2D eigenvalue weighted by atomic mass is 16.5. The van der Waals surface area contributed by atoms with E-state index in [-0.39, 0.29) is 0 Å². The van der Waals surface area contributed by atoms with Crippen LogP contribution in [0.15, 0.2) is 0 Å². The molecule has 3 saturated carbocycles. The number of methoxy groups -OCH3 is 1.